The standard InChI is InChI=1S/C10H18O8/c1-4(12)5(13)2-6(14)8(16)10(18)9(17)7(15)3-11/h5,7-11,13,15-18H,2-3H2,1H3/t5?,7-,8+,9-,10-/m1/s1. The van der Waals surface area contributed by atoms with Gasteiger partial charge >= 0.3 is 0 Å². The molecular weight excluding hydrogens is 248 g/mol. The van der Waals surface area contributed by atoms with E-state index < -0.39 is 55.1 Å². The third-order valence-corrected chi connectivity index (χ3v) is 2.45. The third-order valence-electron chi connectivity index (χ3n) is 2.45. The molecule has 0 bridgehead atoms. The summed E-state index contributed by atoms with van der Waals surface area (Å²) in [4.78, 5) is 22.0. The van der Waals surface area contributed by atoms with E-state index in [9.17, 15) is 24.9 Å². The van der Waals surface area contributed by atoms with Gasteiger partial charge in [0.05, 0.1) is 6.61 Å². The Morgan fingerprint density at radius 1 is 1.00 bits per heavy atom. The van der Waals surface area contributed by atoms with Crippen LogP contribution >= 0.6 is 0 Å². The second-order valence-electron chi connectivity index (χ2n) is 3.97. The van der Waals surface area contributed by atoms with E-state index in [0.717, 1.165) is 6.92 Å². The summed E-state index contributed by atoms with van der Waals surface area (Å²) in [6.07, 6.45) is -10.1. The van der Waals surface area contributed by atoms with Crippen LogP contribution in [-0.4, -0.2) is 79.3 Å². The Labute approximate surface area is 103 Å². The normalized spacial score (nSPS) is 19.7. The fourth-order valence-electron chi connectivity index (χ4n) is 1.17. The van der Waals surface area contributed by atoms with E-state index in [1.807, 2.05) is 0 Å². The van der Waals surface area contributed by atoms with Crippen LogP contribution in [0.5, 0.6) is 0 Å². The molecule has 0 aliphatic heterocycles. The van der Waals surface area contributed by atoms with E-state index in [4.69, 9.17) is 15.3 Å². The van der Waals surface area contributed by atoms with Crippen molar-refractivity contribution in [2.24, 2.45) is 0 Å². The van der Waals surface area contributed by atoms with Crippen LogP contribution in [0.2, 0.25) is 0 Å². The number of carbonyl (C=O) groups is 2. The molecule has 0 aromatic rings. The monoisotopic (exact) mass is 266 g/mol. The van der Waals surface area contributed by atoms with Crippen LogP contribution in [0.3, 0.4) is 0 Å². The van der Waals surface area contributed by atoms with Crippen LogP contribution in [0.4, 0.5) is 0 Å². The number of aliphatic hydroxyl groups excluding tert-OH is 6. The molecule has 106 valence electrons. The van der Waals surface area contributed by atoms with Crippen molar-refractivity contribution < 1.29 is 40.2 Å². The number of hydrogen-bond donors (Lipinski definition) is 6. The largest absolute Gasteiger partial charge is 0.394 e. The Morgan fingerprint density at radius 2 is 1.50 bits per heavy atom. The second kappa shape index (κ2) is 7.52. The van der Waals surface area contributed by atoms with E-state index in [0.29, 0.717) is 0 Å². The maximum absolute atomic E-state index is 11.3. The Hall–Kier alpha value is -0.900. The van der Waals surface area contributed by atoms with E-state index >= 15 is 0 Å². The molecule has 0 heterocycles. The third kappa shape index (κ3) is 4.77. The topological polar surface area (TPSA) is 156 Å². The second-order valence-corrected chi connectivity index (χ2v) is 3.97. The molecule has 0 fully saturated rings. The van der Waals surface area contributed by atoms with Gasteiger partial charge in [-0.15, -0.1) is 0 Å². The molecule has 8 nitrogen and oxygen atoms in total. The number of ketones is 2. The maximum Gasteiger partial charge on any atom is 0.167 e. The fraction of sp³-hybridized carbons (Fsp3) is 0.800. The van der Waals surface area contributed by atoms with Crippen molar-refractivity contribution in [3.05, 3.63) is 0 Å². The van der Waals surface area contributed by atoms with Gasteiger partial charge in [-0.25, -0.2) is 0 Å². The van der Waals surface area contributed by atoms with E-state index in [1.54, 1.807) is 0 Å². The van der Waals surface area contributed by atoms with Crippen molar-refractivity contribution in [2.75, 3.05) is 6.61 Å². The van der Waals surface area contributed by atoms with Crippen LogP contribution in [-0.2, 0) is 9.59 Å². The molecule has 8 heteroatoms. The molecule has 0 saturated heterocycles. The summed E-state index contributed by atoms with van der Waals surface area (Å²) in [6.45, 7) is 0.181. The van der Waals surface area contributed by atoms with Crippen LogP contribution in [0.15, 0.2) is 0 Å². The highest BCUT2D eigenvalue weighted by atomic mass is 16.4. The van der Waals surface area contributed by atoms with Crippen molar-refractivity contribution in [2.45, 2.75) is 43.9 Å². The SMILES string of the molecule is CC(=O)C(O)CC(=O)[C@H](O)[C@@H](O)[C@H](O)[C@H](O)CO. The Kier molecular flexibility index (Phi) is 7.14. The number of hydrogen-bond acceptors (Lipinski definition) is 8. The molecular formula is C10H18O8. The molecule has 6 N–H and O–H groups in total. The highest BCUT2D eigenvalue weighted by Crippen LogP contribution is 2.09. The predicted octanol–water partition coefficient (Wildman–Crippen LogP) is -3.67. The zero-order valence-electron chi connectivity index (χ0n) is 9.80. The van der Waals surface area contributed by atoms with E-state index in [1.165, 1.54) is 0 Å². The summed E-state index contributed by atoms with van der Waals surface area (Å²) in [7, 11) is 0. The molecule has 0 aliphatic carbocycles. The Bertz CT molecular complexity index is 292. The average Bonchev–Trinajstić information content (AvgIpc) is 2.34. The highest BCUT2D eigenvalue weighted by Gasteiger charge is 2.34. The van der Waals surface area contributed by atoms with Crippen molar-refractivity contribution in [3.8, 4) is 0 Å². The fourth-order valence-corrected chi connectivity index (χ4v) is 1.17. The van der Waals surface area contributed by atoms with Crippen molar-refractivity contribution in [1.82, 2.24) is 0 Å². The molecule has 0 spiro atoms. The molecule has 0 amide bonds. The van der Waals surface area contributed by atoms with Crippen molar-refractivity contribution in [3.63, 3.8) is 0 Å². The number of aliphatic hydroxyl groups is 6. The highest BCUT2D eigenvalue weighted by molar-refractivity contribution is 5.90. The molecule has 0 aromatic carbocycles. The van der Waals surface area contributed by atoms with Gasteiger partial charge in [0, 0.05) is 6.42 Å². The van der Waals surface area contributed by atoms with Gasteiger partial charge in [-0.05, 0) is 6.92 Å². The maximum atomic E-state index is 11.3. The zero-order valence-corrected chi connectivity index (χ0v) is 9.80. The molecule has 18 heavy (non-hydrogen) atoms. The minimum absolute atomic E-state index is 0.680. The molecule has 5 atom stereocenters. The van der Waals surface area contributed by atoms with Crippen molar-refractivity contribution >= 4 is 11.6 Å². The van der Waals surface area contributed by atoms with Crippen LogP contribution in [0.1, 0.15) is 13.3 Å². The predicted molar refractivity (Wildman–Crippen MR) is 57.4 cm³/mol. The minimum atomic E-state index is -2.07. The van der Waals surface area contributed by atoms with Crippen LogP contribution in [0, 0.1) is 0 Å². The molecule has 0 radical (unpaired) electrons. The summed E-state index contributed by atoms with van der Waals surface area (Å²) in [5.74, 6) is -1.74. The first-order valence-electron chi connectivity index (χ1n) is 5.26. The summed E-state index contributed by atoms with van der Waals surface area (Å²) < 4.78 is 0. The van der Waals surface area contributed by atoms with Crippen molar-refractivity contribution in [1.29, 1.82) is 0 Å². The smallest absolute Gasteiger partial charge is 0.167 e. The number of rotatable bonds is 8. The molecule has 0 rings (SSSR count). The van der Waals surface area contributed by atoms with Gasteiger partial charge in [-0.2, -0.15) is 0 Å². The average molecular weight is 266 g/mol. The summed E-state index contributed by atoms with van der Waals surface area (Å²) in [5.41, 5.74) is 0. The van der Waals surface area contributed by atoms with E-state index in [2.05, 4.69) is 0 Å². The molecule has 1 unspecified atom stereocenters. The lowest BCUT2D eigenvalue weighted by Crippen LogP contribution is -2.49. The number of Topliss-reactive ketones (excluding diaryl/α,β-unsaturated/α-hetero) is 2. The zero-order chi connectivity index (χ0) is 14.5. The quantitative estimate of drug-likeness (QED) is 0.262. The first-order valence-corrected chi connectivity index (χ1v) is 5.26. The minimum Gasteiger partial charge on any atom is -0.394 e. The number of carbonyl (C=O) groups excluding carboxylic acids is 2. The van der Waals surface area contributed by atoms with Gasteiger partial charge in [0.15, 0.2) is 11.6 Å². The van der Waals surface area contributed by atoms with Gasteiger partial charge in [0.2, 0.25) is 0 Å². The van der Waals surface area contributed by atoms with Gasteiger partial charge in [0.1, 0.15) is 30.5 Å². The Balaban J connectivity index is 4.49. The summed E-state index contributed by atoms with van der Waals surface area (Å²) in [6, 6.07) is 0. The lowest BCUT2D eigenvalue weighted by molar-refractivity contribution is -0.150. The van der Waals surface area contributed by atoms with E-state index in [-0.39, 0.29) is 0 Å². The lowest BCUT2D eigenvalue weighted by Gasteiger charge is -2.25. The van der Waals surface area contributed by atoms with Crippen LogP contribution in [0.25, 0.3) is 0 Å². The molecule has 0 saturated carbocycles. The first-order chi connectivity index (χ1) is 8.22. The van der Waals surface area contributed by atoms with Gasteiger partial charge in [0.25, 0.3) is 0 Å². The molecule has 0 aliphatic rings. The van der Waals surface area contributed by atoms with Crippen LogP contribution < -0.4 is 0 Å². The lowest BCUT2D eigenvalue weighted by atomic mass is 9.97. The Morgan fingerprint density at radius 3 is 1.89 bits per heavy atom. The summed E-state index contributed by atoms with van der Waals surface area (Å²) >= 11 is 0. The first kappa shape index (κ1) is 17.1. The summed E-state index contributed by atoms with van der Waals surface area (Å²) in [5, 5.41) is 54.6. The van der Waals surface area contributed by atoms with Gasteiger partial charge in [-0.1, -0.05) is 0 Å². The van der Waals surface area contributed by atoms with Gasteiger partial charge in [-0.3, -0.25) is 9.59 Å². The van der Waals surface area contributed by atoms with Gasteiger partial charge < -0.3 is 30.6 Å². The molecule has 0 aromatic heterocycles.